The number of phenolic OH excluding ortho intramolecular Hbond substituents is 1. The van der Waals surface area contributed by atoms with Gasteiger partial charge < -0.3 is 5.11 Å². The van der Waals surface area contributed by atoms with Gasteiger partial charge in [0.25, 0.3) is 0 Å². The van der Waals surface area contributed by atoms with Crippen molar-refractivity contribution in [1.82, 2.24) is 0 Å². The third kappa shape index (κ3) is 3.41. The van der Waals surface area contributed by atoms with E-state index in [4.69, 9.17) is 0 Å². The predicted octanol–water partition coefficient (Wildman–Crippen LogP) is 4.49. The first-order valence-electron chi connectivity index (χ1n) is 5.04. The van der Waals surface area contributed by atoms with Crippen LogP contribution in [0.5, 0.6) is 5.75 Å². The second-order valence-electron chi connectivity index (χ2n) is 3.56. The van der Waals surface area contributed by atoms with Gasteiger partial charge in [-0.2, -0.15) is 0 Å². The number of aliphatic imine (C=N–C) groups is 1. The maximum atomic E-state index is 12.7. The highest BCUT2D eigenvalue weighted by molar-refractivity contribution is 14.1. The van der Waals surface area contributed by atoms with Crippen LogP contribution in [0.1, 0.15) is 5.56 Å². The predicted molar refractivity (Wildman–Crippen MR) is 87.2 cm³/mol. The Morgan fingerprint density at radius 2 is 1.78 bits per heavy atom. The number of benzene rings is 2. The Hall–Kier alpha value is -0.700. The Morgan fingerprint density at radius 1 is 1.11 bits per heavy atom. The Balaban J connectivity index is 2.31. The number of rotatable bonds is 2. The maximum Gasteiger partial charge on any atom is 0.137 e. The maximum absolute atomic E-state index is 12.7. The molecular formula is C13H8FI2NO. The van der Waals surface area contributed by atoms with Crippen molar-refractivity contribution in [3.05, 3.63) is 54.9 Å². The van der Waals surface area contributed by atoms with Crippen LogP contribution >= 0.6 is 45.2 Å². The first-order valence-corrected chi connectivity index (χ1v) is 7.19. The van der Waals surface area contributed by atoms with Crippen molar-refractivity contribution < 1.29 is 9.50 Å². The second-order valence-corrected chi connectivity index (χ2v) is 5.97. The molecule has 0 aliphatic heterocycles. The van der Waals surface area contributed by atoms with Crippen molar-refractivity contribution in [3.8, 4) is 5.75 Å². The molecule has 2 rings (SSSR count). The van der Waals surface area contributed by atoms with Crippen molar-refractivity contribution in [1.29, 1.82) is 0 Å². The summed E-state index contributed by atoms with van der Waals surface area (Å²) in [6.07, 6.45) is 1.58. The zero-order valence-corrected chi connectivity index (χ0v) is 13.4. The van der Waals surface area contributed by atoms with Gasteiger partial charge in [-0.25, -0.2) is 4.39 Å². The Bertz CT molecular complexity index is 597. The summed E-state index contributed by atoms with van der Waals surface area (Å²) >= 11 is 4.25. The fourth-order valence-electron chi connectivity index (χ4n) is 1.36. The molecule has 0 spiro atoms. The SMILES string of the molecule is Oc1c(I)cc(I)cc1C=Nc1ccc(F)cc1. The van der Waals surface area contributed by atoms with Crippen molar-refractivity contribution in [2.24, 2.45) is 4.99 Å². The van der Waals surface area contributed by atoms with E-state index >= 15 is 0 Å². The lowest BCUT2D eigenvalue weighted by Crippen LogP contribution is -1.87. The zero-order valence-electron chi connectivity index (χ0n) is 9.07. The van der Waals surface area contributed by atoms with Crippen LogP contribution in [-0.2, 0) is 0 Å². The Morgan fingerprint density at radius 3 is 2.44 bits per heavy atom. The van der Waals surface area contributed by atoms with E-state index in [1.54, 1.807) is 18.3 Å². The van der Waals surface area contributed by atoms with Crippen LogP contribution in [0, 0.1) is 13.0 Å². The number of phenols is 1. The molecule has 2 nitrogen and oxygen atoms in total. The monoisotopic (exact) mass is 467 g/mol. The number of hydrogen-bond donors (Lipinski definition) is 1. The molecule has 92 valence electrons. The molecule has 0 bridgehead atoms. The van der Waals surface area contributed by atoms with E-state index < -0.39 is 0 Å². The quantitative estimate of drug-likeness (QED) is 0.513. The van der Waals surface area contributed by atoms with Gasteiger partial charge in [-0.3, -0.25) is 4.99 Å². The van der Waals surface area contributed by atoms with E-state index in [1.165, 1.54) is 12.1 Å². The van der Waals surface area contributed by atoms with Crippen LogP contribution in [-0.4, -0.2) is 11.3 Å². The highest BCUT2D eigenvalue weighted by Crippen LogP contribution is 2.26. The number of hydrogen-bond acceptors (Lipinski definition) is 2. The topological polar surface area (TPSA) is 32.6 Å². The van der Waals surface area contributed by atoms with Gasteiger partial charge in [0.05, 0.1) is 9.26 Å². The first kappa shape index (κ1) is 13.7. The van der Waals surface area contributed by atoms with Gasteiger partial charge in [0, 0.05) is 15.3 Å². The van der Waals surface area contributed by atoms with Crippen LogP contribution in [0.15, 0.2) is 41.4 Å². The van der Waals surface area contributed by atoms with Gasteiger partial charge in [-0.1, -0.05) is 0 Å². The summed E-state index contributed by atoms with van der Waals surface area (Å²) in [6.45, 7) is 0. The normalized spacial score (nSPS) is 11.1. The van der Waals surface area contributed by atoms with Crippen LogP contribution in [0.2, 0.25) is 0 Å². The Kier molecular flexibility index (Phi) is 4.55. The molecule has 0 aliphatic carbocycles. The van der Waals surface area contributed by atoms with Crippen molar-refractivity contribution in [2.75, 3.05) is 0 Å². The van der Waals surface area contributed by atoms with Crippen LogP contribution < -0.4 is 0 Å². The molecule has 0 saturated carbocycles. The minimum absolute atomic E-state index is 0.210. The molecule has 0 saturated heterocycles. The van der Waals surface area contributed by atoms with Crippen molar-refractivity contribution in [2.45, 2.75) is 0 Å². The molecule has 0 aliphatic rings. The molecule has 0 fully saturated rings. The molecule has 0 heterocycles. The molecule has 0 radical (unpaired) electrons. The van der Waals surface area contributed by atoms with Crippen LogP contribution in [0.4, 0.5) is 10.1 Å². The van der Waals surface area contributed by atoms with E-state index in [9.17, 15) is 9.50 Å². The van der Waals surface area contributed by atoms with Gasteiger partial charge in [0.2, 0.25) is 0 Å². The number of halogens is 3. The van der Waals surface area contributed by atoms with Gasteiger partial charge in [-0.05, 0) is 81.6 Å². The second kappa shape index (κ2) is 5.96. The lowest BCUT2D eigenvalue weighted by Gasteiger charge is -2.02. The zero-order chi connectivity index (χ0) is 13.1. The summed E-state index contributed by atoms with van der Waals surface area (Å²) in [5.41, 5.74) is 1.29. The standard InChI is InChI=1S/C13H8FI2NO/c14-9-1-3-11(4-2-9)17-7-8-5-10(15)6-12(16)13(8)18/h1-7,18H. The fourth-order valence-corrected chi connectivity index (χ4v) is 3.25. The Labute approximate surface area is 131 Å². The fraction of sp³-hybridized carbons (Fsp3) is 0. The smallest absolute Gasteiger partial charge is 0.137 e. The first-order chi connectivity index (χ1) is 8.56. The molecular weight excluding hydrogens is 459 g/mol. The lowest BCUT2D eigenvalue weighted by atomic mass is 10.2. The third-order valence-electron chi connectivity index (χ3n) is 2.24. The van der Waals surface area contributed by atoms with Crippen molar-refractivity contribution in [3.63, 3.8) is 0 Å². The summed E-state index contributed by atoms with van der Waals surface area (Å²) < 4.78 is 14.5. The molecule has 18 heavy (non-hydrogen) atoms. The lowest BCUT2D eigenvalue weighted by molar-refractivity contribution is 0.470. The van der Waals surface area contributed by atoms with E-state index in [1.807, 2.05) is 12.1 Å². The minimum atomic E-state index is -0.291. The molecule has 2 aromatic carbocycles. The third-order valence-corrected chi connectivity index (χ3v) is 3.68. The molecule has 0 amide bonds. The molecule has 0 atom stereocenters. The highest BCUT2D eigenvalue weighted by atomic mass is 127. The number of aromatic hydroxyl groups is 1. The van der Waals surface area contributed by atoms with E-state index in [-0.39, 0.29) is 11.6 Å². The summed E-state index contributed by atoms with van der Waals surface area (Å²) in [5.74, 6) is -0.0810. The average molecular weight is 467 g/mol. The molecule has 1 N–H and O–H groups in total. The summed E-state index contributed by atoms with van der Waals surface area (Å²) in [5, 5.41) is 9.88. The number of nitrogens with zero attached hydrogens (tertiary/aromatic N) is 1. The van der Waals surface area contributed by atoms with Gasteiger partial charge in [-0.15, -0.1) is 0 Å². The molecule has 0 aromatic heterocycles. The van der Waals surface area contributed by atoms with Gasteiger partial charge >= 0.3 is 0 Å². The largest absolute Gasteiger partial charge is 0.506 e. The molecule has 0 unspecified atom stereocenters. The molecule has 2 aromatic rings. The summed E-state index contributed by atoms with van der Waals surface area (Å²) in [4.78, 5) is 4.20. The summed E-state index contributed by atoms with van der Waals surface area (Å²) in [7, 11) is 0. The van der Waals surface area contributed by atoms with E-state index in [2.05, 4.69) is 50.2 Å². The molecule has 5 heteroatoms. The minimum Gasteiger partial charge on any atom is -0.506 e. The van der Waals surface area contributed by atoms with E-state index in [0.717, 1.165) is 7.14 Å². The van der Waals surface area contributed by atoms with Gasteiger partial charge in [0.15, 0.2) is 0 Å². The van der Waals surface area contributed by atoms with Crippen molar-refractivity contribution >= 4 is 57.1 Å². The summed E-state index contributed by atoms with van der Waals surface area (Å²) in [6, 6.07) is 9.59. The highest BCUT2D eigenvalue weighted by Gasteiger charge is 2.05. The van der Waals surface area contributed by atoms with Crippen LogP contribution in [0.25, 0.3) is 0 Å². The van der Waals surface area contributed by atoms with Gasteiger partial charge in [0.1, 0.15) is 11.6 Å². The van der Waals surface area contributed by atoms with E-state index in [0.29, 0.717) is 11.3 Å². The average Bonchev–Trinajstić information content (AvgIpc) is 2.34. The van der Waals surface area contributed by atoms with Crippen LogP contribution in [0.3, 0.4) is 0 Å².